The van der Waals surface area contributed by atoms with E-state index in [-0.39, 0.29) is 18.4 Å². The third-order valence-electron chi connectivity index (χ3n) is 3.69. The van der Waals surface area contributed by atoms with Crippen LogP contribution < -0.4 is 14.8 Å². The maximum atomic E-state index is 12.6. The smallest absolute Gasteiger partial charge is 0.341 e. The molecule has 0 radical (unpaired) electrons. The number of carbonyl (C=O) groups is 2. The van der Waals surface area contributed by atoms with Gasteiger partial charge in [0.15, 0.2) is 11.5 Å². The summed E-state index contributed by atoms with van der Waals surface area (Å²) in [5, 5.41) is 3.29. The van der Waals surface area contributed by atoms with Crippen LogP contribution in [0.5, 0.6) is 11.5 Å². The van der Waals surface area contributed by atoms with E-state index in [1.807, 2.05) is 13.8 Å². The molecule has 0 aliphatic heterocycles. The van der Waals surface area contributed by atoms with Gasteiger partial charge in [0.25, 0.3) is 5.91 Å². The van der Waals surface area contributed by atoms with Crippen molar-refractivity contribution in [2.75, 3.05) is 26.1 Å². The second-order valence-corrected chi connectivity index (χ2v) is 6.87. The number of amides is 1. The van der Waals surface area contributed by atoms with E-state index in [1.54, 1.807) is 31.2 Å². The number of hydrogen-bond acceptors (Lipinski definition) is 6. The molecule has 1 amide bonds. The first-order valence-corrected chi connectivity index (χ1v) is 9.07. The minimum atomic E-state index is -0.446. The van der Waals surface area contributed by atoms with E-state index in [0.29, 0.717) is 27.6 Å². The van der Waals surface area contributed by atoms with Crippen LogP contribution in [0, 0.1) is 0 Å². The van der Waals surface area contributed by atoms with Crippen molar-refractivity contribution in [2.45, 2.75) is 26.7 Å². The minimum Gasteiger partial charge on any atom is -0.493 e. The molecule has 0 aliphatic rings. The first-order valence-electron chi connectivity index (χ1n) is 8.25. The normalized spacial score (nSPS) is 10.5. The number of esters is 1. The lowest BCUT2D eigenvalue weighted by Crippen LogP contribution is -2.14. The van der Waals surface area contributed by atoms with E-state index in [2.05, 4.69) is 5.32 Å². The van der Waals surface area contributed by atoms with Crippen molar-refractivity contribution in [3.8, 4) is 11.5 Å². The largest absolute Gasteiger partial charge is 0.493 e. The van der Waals surface area contributed by atoms with Crippen LogP contribution in [0.2, 0.25) is 0 Å². The molecule has 1 N–H and O–H groups in total. The molecule has 0 bridgehead atoms. The Morgan fingerprint density at radius 2 is 1.81 bits per heavy atom. The number of methoxy groups -OCH3 is 2. The summed E-state index contributed by atoms with van der Waals surface area (Å²) in [4.78, 5) is 25.8. The van der Waals surface area contributed by atoms with Crippen molar-refractivity contribution in [1.82, 2.24) is 0 Å². The van der Waals surface area contributed by atoms with Gasteiger partial charge in [-0.2, -0.15) is 0 Å². The van der Waals surface area contributed by atoms with E-state index < -0.39 is 5.97 Å². The highest BCUT2D eigenvalue weighted by molar-refractivity contribution is 7.16. The SMILES string of the molecule is CCOC(=O)c1cc(C(C)C)sc1NC(=O)c1ccc(OC)c(OC)c1. The van der Waals surface area contributed by atoms with Gasteiger partial charge in [-0.3, -0.25) is 4.79 Å². The fourth-order valence-corrected chi connectivity index (χ4v) is 3.34. The van der Waals surface area contributed by atoms with Crippen LogP contribution in [0.15, 0.2) is 24.3 Å². The summed E-state index contributed by atoms with van der Waals surface area (Å²) >= 11 is 1.37. The van der Waals surface area contributed by atoms with E-state index in [9.17, 15) is 9.59 Å². The average molecular weight is 377 g/mol. The highest BCUT2D eigenvalue weighted by Gasteiger charge is 2.21. The first kappa shape index (κ1) is 19.8. The minimum absolute atomic E-state index is 0.236. The summed E-state index contributed by atoms with van der Waals surface area (Å²) in [7, 11) is 3.04. The number of ether oxygens (including phenoxy) is 3. The Hall–Kier alpha value is -2.54. The predicted molar refractivity (Wildman–Crippen MR) is 102 cm³/mol. The molecule has 1 aromatic heterocycles. The molecule has 0 spiro atoms. The van der Waals surface area contributed by atoms with Crippen LogP contribution in [0.3, 0.4) is 0 Å². The van der Waals surface area contributed by atoms with E-state index in [4.69, 9.17) is 14.2 Å². The Bertz CT molecular complexity index is 797. The van der Waals surface area contributed by atoms with Gasteiger partial charge < -0.3 is 19.5 Å². The first-order chi connectivity index (χ1) is 12.4. The molecule has 0 aliphatic carbocycles. The third-order valence-corrected chi connectivity index (χ3v) is 5.04. The quantitative estimate of drug-likeness (QED) is 0.728. The maximum absolute atomic E-state index is 12.6. The van der Waals surface area contributed by atoms with E-state index in [0.717, 1.165) is 4.88 Å². The summed E-state index contributed by atoms with van der Waals surface area (Å²) in [6.45, 7) is 6.08. The zero-order valence-corrected chi connectivity index (χ0v) is 16.4. The monoisotopic (exact) mass is 377 g/mol. The molecule has 140 valence electrons. The van der Waals surface area contributed by atoms with Gasteiger partial charge in [0.2, 0.25) is 0 Å². The van der Waals surface area contributed by atoms with Crippen LogP contribution in [0.1, 0.15) is 52.3 Å². The summed E-state index contributed by atoms with van der Waals surface area (Å²) in [6.07, 6.45) is 0. The zero-order valence-electron chi connectivity index (χ0n) is 15.5. The molecule has 1 aromatic carbocycles. The molecule has 7 heteroatoms. The van der Waals surface area contributed by atoms with E-state index >= 15 is 0 Å². The third kappa shape index (κ3) is 4.35. The van der Waals surface area contributed by atoms with Gasteiger partial charge in [-0.05, 0) is 37.1 Å². The molecule has 2 rings (SSSR count). The van der Waals surface area contributed by atoms with Gasteiger partial charge in [0.1, 0.15) is 5.00 Å². The van der Waals surface area contributed by atoms with Crippen molar-refractivity contribution < 1.29 is 23.8 Å². The molecule has 0 atom stereocenters. The van der Waals surface area contributed by atoms with Crippen molar-refractivity contribution in [2.24, 2.45) is 0 Å². The lowest BCUT2D eigenvalue weighted by atomic mass is 10.1. The molecule has 0 fully saturated rings. The summed E-state index contributed by atoms with van der Waals surface area (Å²) in [5.41, 5.74) is 0.770. The topological polar surface area (TPSA) is 73.9 Å². The van der Waals surface area contributed by atoms with Crippen LogP contribution in [-0.2, 0) is 4.74 Å². The number of carbonyl (C=O) groups excluding carboxylic acids is 2. The van der Waals surface area contributed by atoms with Crippen molar-refractivity contribution in [1.29, 1.82) is 0 Å². The van der Waals surface area contributed by atoms with Crippen molar-refractivity contribution in [3.05, 3.63) is 40.3 Å². The number of hydrogen-bond donors (Lipinski definition) is 1. The van der Waals surface area contributed by atoms with Crippen LogP contribution >= 0.6 is 11.3 Å². The van der Waals surface area contributed by atoms with Gasteiger partial charge in [0, 0.05) is 10.4 Å². The fourth-order valence-electron chi connectivity index (χ4n) is 2.30. The number of rotatable bonds is 7. The Morgan fingerprint density at radius 1 is 1.12 bits per heavy atom. The summed E-state index contributed by atoms with van der Waals surface area (Å²) in [5.74, 6) is 0.445. The lowest BCUT2D eigenvalue weighted by molar-refractivity contribution is 0.0528. The Kier molecular flexibility index (Phi) is 6.63. The molecule has 26 heavy (non-hydrogen) atoms. The van der Waals surface area contributed by atoms with Crippen LogP contribution in [0.25, 0.3) is 0 Å². The highest BCUT2D eigenvalue weighted by atomic mass is 32.1. The molecule has 0 saturated heterocycles. The molecular weight excluding hydrogens is 354 g/mol. The fraction of sp³-hybridized carbons (Fsp3) is 0.368. The average Bonchev–Trinajstić information content (AvgIpc) is 3.05. The van der Waals surface area contributed by atoms with Crippen molar-refractivity contribution >= 4 is 28.2 Å². The molecular formula is C19H23NO5S. The molecule has 0 unspecified atom stereocenters. The van der Waals surface area contributed by atoms with Gasteiger partial charge in [-0.15, -0.1) is 11.3 Å². The Balaban J connectivity index is 2.32. The molecule has 0 saturated carbocycles. The van der Waals surface area contributed by atoms with Gasteiger partial charge in [0.05, 0.1) is 26.4 Å². The Morgan fingerprint density at radius 3 is 2.38 bits per heavy atom. The van der Waals surface area contributed by atoms with E-state index in [1.165, 1.54) is 25.6 Å². The van der Waals surface area contributed by atoms with Crippen LogP contribution in [0.4, 0.5) is 5.00 Å². The number of anilines is 1. The summed E-state index contributed by atoms with van der Waals surface area (Å²) in [6, 6.07) is 6.67. The second kappa shape index (κ2) is 8.71. The predicted octanol–water partition coefficient (Wildman–Crippen LogP) is 4.32. The van der Waals surface area contributed by atoms with Crippen LogP contribution in [-0.4, -0.2) is 32.7 Å². The van der Waals surface area contributed by atoms with Gasteiger partial charge in [-0.25, -0.2) is 4.79 Å². The standard InChI is InChI=1S/C19H23NO5S/c1-6-25-19(22)13-10-16(11(2)3)26-18(13)20-17(21)12-7-8-14(23-4)15(9-12)24-5/h7-11H,6H2,1-5H3,(H,20,21). The highest BCUT2D eigenvalue weighted by Crippen LogP contribution is 2.34. The van der Waals surface area contributed by atoms with Gasteiger partial charge >= 0.3 is 5.97 Å². The Labute approximate surface area is 157 Å². The second-order valence-electron chi connectivity index (χ2n) is 5.79. The number of benzene rings is 1. The molecule has 6 nitrogen and oxygen atoms in total. The zero-order chi connectivity index (χ0) is 19.3. The number of nitrogens with one attached hydrogen (secondary N) is 1. The lowest BCUT2D eigenvalue weighted by Gasteiger charge is -2.10. The summed E-state index contributed by atoms with van der Waals surface area (Å²) < 4.78 is 15.5. The molecule has 1 heterocycles. The van der Waals surface area contributed by atoms with Crippen molar-refractivity contribution in [3.63, 3.8) is 0 Å². The number of thiophene rings is 1. The van der Waals surface area contributed by atoms with Gasteiger partial charge in [-0.1, -0.05) is 13.8 Å². The maximum Gasteiger partial charge on any atom is 0.341 e. The molecule has 2 aromatic rings.